The summed E-state index contributed by atoms with van der Waals surface area (Å²) in [4.78, 5) is 4.98. The van der Waals surface area contributed by atoms with Gasteiger partial charge in [0.05, 0.1) is 0 Å². The molecule has 1 aliphatic heterocycles. The van der Waals surface area contributed by atoms with Crippen molar-refractivity contribution < 1.29 is 0 Å². The number of nitrogens with two attached hydrogens (primary N) is 1. The summed E-state index contributed by atoms with van der Waals surface area (Å²) in [7, 11) is 2.20. The van der Waals surface area contributed by atoms with Gasteiger partial charge < -0.3 is 10.6 Å². The van der Waals surface area contributed by atoms with Crippen molar-refractivity contribution in [2.75, 3.05) is 39.8 Å². The van der Waals surface area contributed by atoms with Crippen molar-refractivity contribution in [3.63, 3.8) is 0 Å². The minimum absolute atomic E-state index is 0.588. The Balaban J connectivity index is 2.14. The molecule has 1 heterocycles. The average molecular weight is 227 g/mol. The van der Waals surface area contributed by atoms with Gasteiger partial charge in [-0.05, 0) is 20.0 Å². The topological polar surface area (TPSA) is 32.5 Å². The molecule has 0 bridgehead atoms. The van der Waals surface area contributed by atoms with Crippen molar-refractivity contribution in [2.24, 2.45) is 5.73 Å². The minimum Gasteiger partial charge on any atom is -0.329 e. The Hall–Kier alpha value is -0.120. The van der Waals surface area contributed by atoms with Gasteiger partial charge in [-0.2, -0.15) is 0 Å². The maximum atomic E-state index is 5.84. The predicted octanol–water partition coefficient (Wildman–Crippen LogP) is 1.53. The van der Waals surface area contributed by atoms with Crippen LogP contribution in [0.4, 0.5) is 0 Å². The molecule has 1 unspecified atom stereocenters. The van der Waals surface area contributed by atoms with Gasteiger partial charge in [0.1, 0.15) is 0 Å². The monoisotopic (exact) mass is 227 g/mol. The van der Waals surface area contributed by atoms with Crippen LogP contribution in [0.2, 0.25) is 0 Å². The van der Waals surface area contributed by atoms with E-state index in [1.54, 1.807) is 0 Å². The number of piperazine rings is 1. The maximum Gasteiger partial charge on any atom is 0.0346 e. The molecular formula is C13H29N3. The van der Waals surface area contributed by atoms with Crippen molar-refractivity contribution in [3.05, 3.63) is 0 Å². The van der Waals surface area contributed by atoms with Crippen molar-refractivity contribution in [2.45, 2.75) is 45.1 Å². The summed E-state index contributed by atoms with van der Waals surface area (Å²) in [6.07, 6.45) is 6.86. The first kappa shape index (κ1) is 13.9. The lowest BCUT2D eigenvalue weighted by Gasteiger charge is -2.39. The summed E-state index contributed by atoms with van der Waals surface area (Å²) < 4.78 is 0. The second kappa shape index (κ2) is 8.04. The van der Waals surface area contributed by atoms with E-state index in [0.717, 1.165) is 13.1 Å². The molecule has 1 rings (SSSR count). The summed E-state index contributed by atoms with van der Waals surface area (Å²) in [5, 5.41) is 0. The highest BCUT2D eigenvalue weighted by molar-refractivity contribution is 4.81. The number of hydrogen-bond donors (Lipinski definition) is 1. The van der Waals surface area contributed by atoms with Gasteiger partial charge in [-0.15, -0.1) is 0 Å². The van der Waals surface area contributed by atoms with Gasteiger partial charge in [0.25, 0.3) is 0 Å². The normalized spacial score (nSPS) is 23.8. The molecule has 0 radical (unpaired) electrons. The van der Waals surface area contributed by atoms with Crippen molar-refractivity contribution in [1.82, 2.24) is 9.80 Å². The zero-order chi connectivity index (χ0) is 11.8. The van der Waals surface area contributed by atoms with E-state index in [4.69, 9.17) is 5.73 Å². The first-order valence-corrected chi connectivity index (χ1v) is 6.90. The highest BCUT2D eigenvalue weighted by atomic mass is 15.3. The minimum atomic E-state index is 0.588. The summed E-state index contributed by atoms with van der Waals surface area (Å²) in [5.74, 6) is 0. The molecule has 1 saturated heterocycles. The van der Waals surface area contributed by atoms with E-state index in [1.165, 1.54) is 51.7 Å². The zero-order valence-electron chi connectivity index (χ0n) is 11.1. The Bertz CT molecular complexity index is 173. The fourth-order valence-corrected chi connectivity index (χ4v) is 2.48. The molecule has 96 valence electrons. The van der Waals surface area contributed by atoms with Gasteiger partial charge in [-0.1, -0.05) is 32.6 Å². The summed E-state index contributed by atoms with van der Waals surface area (Å²) in [6, 6.07) is 0.588. The third-order valence-electron chi connectivity index (χ3n) is 3.63. The van der Waals surface area contributed by atoms with E-state index in [9.17, 15) is 0 Å². The SMILES string of the molecule is CCCCCCCN1CCN(C)CC1CN. The Kier molecular flexibility index (Phi) is 7.01. The van der Waals surface area contributed by atoms with E-state index in [1.807, 2.05) is 0 Å². The summed E-state index contributed by atoms with van der Waals surface area (Å²) in [6.45, 7) is 7.87. The highest BCUT2D eigenvalue weighted by Gasteiger charge is 2.22. The zero-order valence-corrected chi connectivity index (χ0v) is 11.1. The maximum absolute atomic E-state index is 5.84. The van der Waals surface area contributed by atoms with Crippen LogP contribution < -0.4 is 5.73 Å². The molecule has 1 atom stereocenters. The van der Waals surface area contributed by atoms with Gasteiger partial charge in [-0.3, -0.25) is 4.90 Å². The van der Waals surface area contributed by atoms with Crippen LogP contribution in [-0.2, 0) is 0 Å². The quantitative estimate of drug-likeness (QED) is 0.670. The lowest BCUT2D eigenvalue weighted by Crippen LogP contribution is -2.54. The van der Waals surface area contributed by atoms with Crippen LogP contribution in [0.1, 0.15) is 39.0 Å². The Morgan fingerprint density at radius 1 is 1.12 bits per heavy atom. The van der Waals surface area contributed by atoms with Gasteiger partial charge in [0, 0.05) is 32.2 Å². The van der Waals surface area contributed by atoms with Crippen molar-refractivity contribution in [3.8, 4) is 0 Å². The Morgan fingerprint density at radius 3 is 2.56 bits per heavy atom. The average Bonchev–Trinajstić information content (AvgIpc) is 2.30. The molecule has 0 aromatic carbocycles. The van der Waals surface area contributed by atoms with E-state index in [0.29, 0.717) is 6.04 Å². The van der Waals surface area contributed by atoms with Gasteiger partial charge in [0.15, 0.2) is 0 Å². The van der Waals surface area contributed by atoms with Crippen LogP contribution in [-0.4, -0.2) is 55.6 Å². The summed E-state index contributed by atoms with van der Waals surface area (Å²) in [5.41, 5.74) is 5.84. The molecule has 1 fully saturated rings. The Morgan fingerprint density at radius 2 is 1.88 bits per heavy atom. The van der Waals surface area contributed by atoms with Crippen LogP contribution in [0.5, 0.6) is 0 Å². The first-order valence-electron chi connectivity index (χ1n) is 6.90. The number of likely N-dealkylation sites (N-methyl/N-ethyl adjacent to an activating group) is 1. The van der Waals surface area contributed by atoms with Crippen LogP contribution in [0.3, 0.4) is 0 Å². The van der Waals surface area contributed by atoms with E-state index < -0.39 is 0 Å². The molecule has 0 aliphatic carbocycles. The predicted molar refractivity (Wildman–Crippen MR) is 70.7 cm³/mol. The molecule has 0 amide bonds. The second-order valence-corrected chi connectivity index (χ2v) is 5.10. The number of rotatable bonds is 7. The molecule has 0 aromatic heterocycles. The van der Waals surface area contributed by atoms with E-state index in [-0.39, 0.29) is 0 Å². The lowest BCUT2D eigenvalue weighted by atomic mass is 10.1. The fraction of sp³-hybridized carbons (Fsp3) is 1.00. The van der Waals surface area contributed by atoms with Crippen LogP contribution in [0, 0.1) is 0 Å². The highest BCUT2D eigenvalue weighted by Crippen LogP contribution is 2.10. The molecule has 0 aromatic rings. The molecule has 0 spiro atoms. The molecule has 2 N–H and O–H groups in total. The van der Waals surface area contributed by atoms with Gasteiger partial charge in [-0.25, -0.2) is 0 Å². The fourth-order valence-electron chi connectivity index (χ4n) is 2.48. The molecule has 0 saturated carbocycles. The third-order valence-corrected chi connectivity index (χ3v) is 3.63. The summed E-state index contributed by atoms with van der Waals surface area (Å²) >= 11 is 0. The largest absolute Gasteiger partial charge is 0.329 e. The van der Waals surface area contributed by atoms with Crippen molar-refractivity contribution in [1.29, 1.82) is 0 Å². The molecule has 3 nitrogen and oxygen atoms in total. The lowest BCUT2D eigenvalue weighted by molar-refractivity contribution is 0.0927. The Labute approximate surface area is 101 Å². The van der Waals surface area contributed by atoms with Crippen LogP contribution in [0.25, 0.3) is 0 Å². The smallest absolute Gasteiger partial charge is 0.0346 e. The van der Waals surface area contributed by atoms with E-state index >= 15 is 0 Å². The first-order chi connectivity index (χ1) is 7.77. The van der Waals surface area contributed by atoms with E-state index in [2.05, 4.69) is 23.8 Å². The number of hydrogen-bond acceptors (Lipinski definition) is 3. The van der Waals surface area contributed by atoms with Crippen LogP contribution in [0.15, 0.2) is 0 Å². The second-order valence-electron chi connectivity index (χ2n) is 5.10. The molecule has 3 heteroatoms. The van der Waals surface area contributed by atoms with Crippen molar-refractivity contribution >= 4 is 0 Å². The molecule has 16 heavy (non-hydrogen) atoms. The van der Waals surface area contributed by atoms with Crippen LogP contribution >= 0.6 is 0 Å². The van der Waals surface area contributed by atoms with Gasteiger partial charge in [0.2, 0.25) is 0 Å². The molecule has 1 aliphatic rings. The number of unbranched alkanes of at least 4 members (excludes halogenated alkanes) is 4. The molecular weight excluding hydrogens is 198 g/mol. The third kappa shape index (κ3) is 4.81. The van der Waals surface area contributed by atoms with Gasteiger partial charge >= 0.3 is 0 Å². The number of nitrogens with zero attached hydrogens (tertiary/aromatic N) is 2. The standard InChI is InChI=1S/C13H29N3/c1-3-4-5-6-7-8-16-10-9-15(2)12-13(16)11-14/h13H,3-12,14H2,1-2H3.